The summed E-state index contributed by atoms with van der Waals surface area (Å²) in [6, 6.07) is 6.16. The summed E-state index contributed by atoms with van der Waals surface area (Å²) >= 11 is 1.24. The zero-order chi connectivity index (χ0) is 16.4. The Kier molecular flexibility index (Phi) is 4.61. The number of hydrogen-bond acceptors (Lipinski definition) is 4. The van der Waals surface area contributed by atoms with Gasteiger partial charge in [0.1, 0.15) is 10.7 Å². The number of nitrogens with zero attached hydrogens (tertiary/aromatic N) is 1. The molecule has 1 aromatic carbocycles. The number of halogens is 1. The number of fused-ring (bicyclic) bond motifs is 1. The second kappa shape index (κ2) is 6.66. The Bertz CT molecular complexity index is 743. The van der Waals surface area contributed by atoms with E-state index in [9.17, 15) is 14.0 Å². The third kappa shape index (κ3) is 3.52. The van der Waals surface area contributed by atoms with Crippen LogP contribution in [0, 0.1) is 5.82 Å². The van der Waals surface area contributed by atoms with E-state index in [-0.39, 0.29) is 24.4 Å². The summed E-state index contributed by atoms with van der Waals surface area (Å²) in [6.07, 6.45) is 3.11. The molecule has 0 radical (unpaired) electrons. The van der Waals surface area contributed by atoms with Crippen LogP contribution in [0.15, 0.2) is 24.3 Å². The highest BCUT2D eigenvalue weighted by molar-refractivity contribution is 7.20. The van der Waals surface area contributed by atoms with Gasteiger partial charge in [0.05, 0.1) is 0 Å². The molecule has 6 heteroatoms. The Morgan fingerprint density at radius 2 is 2.17 bits per heavy atom. The average molecular weight is 335 g/mol. The number of piperidine rings is 1. The van der Waals surface area contributed by atoms with E-state index in [0.29, 0.717) is 10.3 Å². The fourth-order valence-electron chi connectivity index (χ4n) is 2.86. The van der Waals surface area contributed by atoms with Gasteiger partial charge >= 0.3 is 5.97 Å². The Labute approximate surface area is 137 Å². The smallest absolute Gasteiger partial charge is 0.348 e. The standard InChI is InChI=1S/C17H18FNO3S/c1-11-4-2-3-7-19(11)16(20)10-22-17(21)15-9-12-8-13(18)5-6-14(12)23-15/h5-6,8-9,11H,2-4,7,10H2,1H3/t11-/m0/s1. The maximum Gasteiger partial charge on any atom is 0.348 e. The maximum atomic E-state index is 13.2. The van der Waals surface area contributed by atoms with E-state index in [1.165, 1.54) is 23.5 Å². The zero-order valence-corrected chi connectivity index (χ0v) is 13.7. The highest BCUT2D eigenvalue weighted by Crippen LogP contribution is 2.27. The predicted molar refractivity (Wildman–Crippen MR) is 87.1 cm³/mol. The van der Waals surface area contributed by atoms with Crippen LogP contribution >= 0.6 is 11.3 Å². The zero-order valence-electron chi connectivity index (χ0n) is 12.9. The third-order valence-corrected chi connectivity index (χ3v) is 5.23. The van der Waals surface area contributed by atoms with Crippen molar-refractivity contribution in [1.82, 2.24) is 4.90 Å². The van der Waals surface area contributed by atoms with Gasteiger partial charge in [-0.3, -0.25) is 4.79 Å². The van der Waals surface area contributed by atoms with Crippen LogP contribution in [-0.4, -0.2) is 36.0 Å². The number of carbonyl (C=O) groups excluding carboxylic acids is 2. The van der Waals surface area contributed by atoms with Gasteiger partial charge in [-0.2, -0.15) is 0 Å². The summed E-state index contributed by atoms with van der Waals surface area (Å²) in [7, 11) is 0. The second-order valence-corrected chi connectivity index (χ2v) is 6.88. The molecule has 0 saturated carbocycles. The van der Waals surface area contributed by atoms with Crippen LogP contribution in [0.2, 0.25) is 0 Å². The fourth-order valence-corrected chi connectivity index (χ4v) is 3.80. The molecule has 1 aromatic heterocycles. The molecule has 4 nitrogen and oxygen atoms in total. The van der Waals surface area contributed by atoms with Crippen molar-refractivity contribution in [2.24, 2.45) is 0 Å². The molecule has 1 saturated heterocycles. The molecule has 0 spiro atoms. The van der Waals surface area contributed by atoms with Crippen LogP contribution in [0.4, 0.5) is 4.39 Å². The lowest BCUT2D eigenvalue weighted by molar-refractivity contribution is -0.137. The van der Waals surface area contributed by atoms with Crippen molar-refractivity contribution in [3.63, 3.8) is 0 Å². The number of rotatable bonds is 3. The van der Waals surface area contributed by atoms with E-state index < -0.39 is 5.97 Å². The first-order valence-electron chi connectivity index (χ1n) is 7.70. The van der Waals surface area contributed by atoms with Crippen molar-refractivity contribution < 1.29 is 18.7 Å². The van der Waals surface area contributed by atoms with Crippen molar-refractivity contribution in [3.8, 4) is 0 Å². The lowest BCUT2D eigenvalue weighted by atomic mass is 10.0. The largest absolute Gasteiger partial charge is 0.451 e. The van der Waals surface area contributed by atoms with Gasteiger partial charge in [-0.25, -0.2) is 9.18 Å². The van der Waals surface area contributed by atoms with E-state index in [0.717, 1.165) is 30.5 Å². The van der Waals surface area contributed by atoms with Gasteiger partial charge in [-0.05, 0) is 55.8 Å². The van der Waals surface area contributed by atoms with Gasteiger partial charge in [0, 0.05) is 17.3 Å². The number of carbonyl (C=O) groups is 2. The molecule has 1 aliphatic rings. The molecule has 3 rings (SSSR count). The number of likely N-dealkylation sites (tertiary alicyclic amines) is 1. The van der Waals surface area contributed by atoms with Gasteiger partial charge < -0.3 is 9.64 Å². The highest BCUT2D eigenvalue weighted by Gasteiger charge is 2.24. The molecule has 1 fully saturated rings. The number of ether oxygens (including phenoxy) is 1. The van der Waals surface area contributed by atoms with Gasteiger partial charge in [0.15, 0.2) is 6.61 Å². The van der Waals surface area contributed by atoms with Crippen molar-refractivity contribution in [3.05, 3.63) is 35.0 Å². The monoisotopic (exact) mass is 335 g/mol. The summed E-state index contributed by atoms with van der Waals surface area (Å²) in [4.78, 5) is 26.4. The second-order valence-electron chi connectivity index (χ2n) is 5.80. The molecule has 0 bridgehead atoms. The molecular formula is C17H18FNO3S. The number of hydrogen-bond donors (Lipinski definition) is 0. The fraction of sp³-hybridized carbons (Fsp3) is 0.412. The van der Waals surface area contributed by atoms with Crippen LogP contribution < -0.4 is 0 Å². The van der Waals surface area contributed by atoms with Gasteiger partial charge in [0.25, 0.3) is 5.91 Å². The number of thiophene rings is 1. The van der Waals surface area contributed by atoms with Crippen LogP contribution in [-0.2, 0) is 9.53 Å². The van der Waals surface area contributed by atoms with Crippen molar-refractivity contribution in [2.75, 3.05) is 13.2 Å². The molecule has 23 heavy (non-hydrogen) atoms. The first kappa shape index (κ1) is 15.9. The van der Waals surface area contributed by atoms with E-state index in [2.05, 4.69) is 0 Å². The lowest BCUT2D eigenvalue weighted by Gasteiger charge is -2.33. The average Bonchev–Trinajstić information content (AvgIpc) is 2.95. The van der Waals surface area contributed by atoms with Gasteiger partial charge in [-0.1, -0.05) is 0 Å². The first-order chi connectivity index (χ1) is 11.0. The van der Waals surface area contributed by atoms with Crippen molar-refractivity contribution >= 4 is 33.3 Å². The molecule has 2 aromatic rings. The molecule has 1 amide bonds. The van der Waals surface area contributed by atoms with E-state index in [4.69, 9.17) is 4.74 Å². The van der Waals surface area contributed by atoms with Crippen LogP contribution in [0.25, 0.3) is 10.1 Å². The highest BCUT2D eigenvalue weighted by atomic mass is 32.1. The van der Waals surface area contributed by atoms with Crippen molar-refractivity contribution in [2.45, 2.75) is 32.2 Å². The molecule has 1 aliphatic heterocycles. The molecule has 1 atom stereocenters. The predicted octanol–water partition coefficient (Wildman–Crippen LogP) is 3.60. The van der Waals surface area contributed by atoms with Crippen LogP contribution in [0.1, 0.15) is 35.9 Å². The lowest BCUT2D eigenvalue weighted by Crippen LogP contribution is -2.44. The summed E-state index contributed by atoms with van der Waals surface area (Å²) in [5, 5.41) is 0.665. The Hall–Kier alpha value is -1.95. The Morgan fingerprint density at radius 3 is 2.96 bits per heavy atom. The number of amides is 1. The Balaban J connectivity index is 1.62. The minimum atomic E-state index is -0.537. The number of benzene rings is 1. The van der Waals surface area contributed by atoms with Gasteiger partial charge in [0.2, 0.25) is 0 Å². The summed E-state index contributed by atoms with van der Waals surface area (Å²) in [5.41, 5.74) is 0. The summed E-state index contributed by atoms with van der Waals surface area (Å²) in [5.74, 6) is -1.04. The molecule has 122 valence electrons. The normalized spacial score (nSPS) is 18.2. The van der Waals surface area contributed by atoms with E-state index >= 15 is 0 Å². The molecule has 0 N–H and O–H groups in total. The quantitative estimate of drug-likeness (QED) is 0.805. The maximum absolute atomic E-state index is 13.2. The summed E-state index contributed by atoms with van der Waals surface area (Å²) < 4.78 is 19.1. The first-order valence-corrected chi connectivity index (χ1v) is 8.52. The van der Waals surface area contributed by atoms with Crippen LogP contribution in [0.5, 0.6) is 0 Å². The Morgan fingerprint density at radius 1 is 1.35 bits per heavy atom. The number of esters is 1. The SMILES string of the molecule is C[C@H]1CCCCN1C(=O)COC(=O)c1cc2cc(F)ccc2s1. The minimum absolute atomic E-state index is 0.155. The third-order valence-electron chi connectivity index (χ3n) is 4.13. The van der Waals surface area contributed by atoms with Gasteiger partial charge in [-0.15, -0.1) is 11.3 Å². The molecule has 0 unspecified atom stereocenters. The van der Waals surface area contributed by atoms with Crippen LogP contribution in [0.3, 0.4) is 0 Å². The van der Waals surface area contributed by atoms with E-state index in [1.807, 2.05) is 6.92 Å². The minimum Gasteiger partial charge on any atom is -0.451 e. The molecule has 0 aliphatic carbocycles. The van der Waals surface area contributed by atoms with Crippen molar-refractivity contribution in [1.29, 1.82) is 0 Å². The summed E-state index contributed by atoms with van der Waals surface area (Å²) in [6.45, 7) is 2.49. The van der Waals surface area contributed by atoms with E-state index in [1.54, 1.807) is 17.0 Å². The topological polar surface area (TPSA) is 46.6 Å². The molecule has 2 heterocycles. The molecular weight excluding hydrogens is 317 g/mol.